The Hall–Kier alpha value is -2.36. The number of anilines is 2. The number of carbonyl (C=O) groups is 1. The van der Waals surface area contributed by atoms with E-state index < -0.39 is 0 Å². The van der Waals surface area contributed by atoms with Gasteiger partial charge in [0.2, 0.25) is 0 Å². The summed E-state index contributed by atoms with van der Waals surface area (Å²) in [4.78, 5) is 18.3. The Balaban J connectivity index is 2.24. The number of aromatic nitrogens is 1. The van der Waals surface area contributed by atoms with E-state index in [1.54, 1.807) is 18.1 Å². The van der Waals surface area contributed by atoms with Crippen molar-refractivity contribution in [2.75, 3.05) is 24.3 Å². The number of hydrogen-bond acceptors (Lipinski definition) is 3. The molecule has 1 N–H and O–H groups in total. The minimum absolute atomic E-state index is 0.0351. The van der Waals surface area contributed by atoms with E-state index in [-0.39, 0.29) is 5.91 Å². The molecule has 2 aromatic rings. The molecular formula is C16H19N3O. The van der Waals surface area contributed by atoms with E-state index in [4.69, 9.17) is 0 Å². The zero-order chi connectivity index (χ0) is 14.7. The summed E-state index contributed by atoms with van der Waals surface area (Å²) in [6.07, 6.45) is 1.69. The molecule has 0 radical (unpaired) electrons. The maximum atomic E-state index is 12.4. The highest BCUT2D eigenvalue weighted by molar-refractivity contribution is 6.05. The van der Waals surface area contributed by atoms with Crippen LogP contribution in [-0.2, 0) is 0 Å². The molecule has 20 heavy (non-hydrogen) atoms. The van der Waals surface area contributed by atoms with Crippen LogP contribution in [0.1, 0.15) is 21.5 Å². The lowest BCUT2D eigenvalue weighted by atomic mass is 10.1. The standard InChI is InChI=1S/C16H19N3O/c1-11-5-6-13(9-12(11)2)16(20)19(4)14-7-8-15(17-3)18-10-14/h5-10H,1-4H3,(H,17,18). The van der Waals surface area contributed by atoms with Crippen LogP contribution < -0.4 is 10.2 Å². The van der Waals surface area contributed by atoms with Crippen LogP contribution in [-0.4, -0.2) is 25.0 Å². The Morgan fingerprint density at radius 1 is 1.15 bits per heavy atom. The topological polar surface area (TPSA) is 45.2 Å². The molecule has 0 spiro atoms. The SMILES string of the molecule is CNc1ccc(N(C)C(=O)c2ccc(C)c(C)c2)cn1. The highest BCUT2D eigenvalue weighted by Gasteiger charge is 2.14. The summed E-state index contributed by atoms with van der Waals surface area (Å²) in [6, 6.07) is 9.47. The summed E-state index contributed by atoms with van der Waals surface area (Å²) in [5.41, 5.74) is 3.76. The normalized spacial score (nSPS) is 10.2. The first kappa shape index (κ1) is 14.1. The van der Waals surface area contributed by atoms with Gasteiger partial charge in [0.15, 0.2) is 0 Å². The first-order chi connectivity index (χ1) is 9.52. The first-order valence-corrected chi connectivity index (χ1v) is 6.52. The Morgan fingerprint density at radius 2 is 1.90 bits per heavy atom. The molecule has 1 heterocycles. The fourth-order valence-corrected chi connectivity index (χ4v) is 1.92. The van der Waals surface area contributed by atoms with E-state index >= 15 is 0 Å². The number of amides is 1. The Morgan fingerprint density at radius 3 is 2.45 bits per heavy atom. The number of aryl methyl sites for hydroxylation is 2. The van der Waals surface area contributed by atoms with Gasteiger partial charge in [0.25, 0.3) is 5.91 Å². The van der Waals surface area contributed by atoms with Crippen LogP contribution in [0, 0.1) is 13.8 Å². The highest BCUT2D eigenvalue weighted by atomic mass is 16.2. The fraction of sp³-hybridized carbons (Fsp3) is 0.250. The van der Waals surface area contributed by atoms with E-state index in [1.807, 2.05) is 51.2 Å². The maximum absolute atomic E-state index is 12.4. The van der Waals surface area contributed by atoms with Gasteiger partial charge in [-0.3, -0.25) is 4.79 Å². The average molecular weight is 269 g/mol. The van der Waals surface area contributed by atoms with Gasteiger partial charge < -0.3 is 10.2 Å². The second kappa shape index (κ2) is 5.74. The maximum Gasteiger partial charge on any atom is 0.258 e. The van der Waals surface area contributed by atoms with Crippen molar-refractivity contribution in [3.8, 4) is 0 Å². The first-order valence-electron chi connectivity index (χ1n) is 6.52. The van der Waals surface area contributed by atoms with Crippen LogP contribution in [0.3, 0.4) is 0 Å². The number of carbonyl (C=O) groups excluding carboxylic acids is 1. The minimum Gasteiger partial charge on any atom is -0.373 e. The Bertz CT molecular complexity index is 620. The van der Waals surface area contributed by atoms with Gasteiger partial charge in [0.1, 0.15) is 5.82 Å². The molecule has 1 aromatic heterocycles. The van der Waals surface area contributed by atoms with Gasteiger partial charge in [-0.05, 0) is 49.2 Å². The quantitative estimate of drug-likeness (QED) is 0.931. The third kappa shape index (κ3) is 2.79. The smallest absolute Gasteiger partial charge is 0.258 e. The fourth-order valence-electron chi connectivity index (χ4n) is 1.92. The molecule has 0 atom stereocenters. The van der Waals surface area contributed by atoms with E-state index in [2.05, 4.69) is 10.3 Å². The van der Waals surface area contributed by atoms with E-state index in [0.717, 1.165) is 17.1 Å². The molecule has 0 unspecified atom stereocenters. The van der Waals surface area contributed by atoms with Crippen molar-refractivity contribution in [2.24, 2.45) is 0 Å². The lowest BCUT2D eigenvalue weighted by Crippen LogP contribution is -2.26. The third-order valence-corrected chi connectivity index (χ3v) is 3.45. The molecule has 1 aromatic carbocycles. The van der Waals surface area contributed by atoms with Crippen LogP contribution in [0.2, 0.25) is 0 Å². The molecular weight excluding hydrogens is 250 g/mol. The summed E-state index contributed by atoms with van der Waals surface area (Å²) in [5.74, 6) is 0.743. The van der Waals surface area contributed by atoms with Crippen molar-refractivity contribution in [3.63, 3.8) is 0 Å². The van der Waals surface area contributed by atoms with Gasteiger partial charge >= 0.3 is 0 Å². The van der Waals surface area contributed by atoms with Crippen molar-refractivity contribution in [3.05, 3.63) is 53.2 Å². The predicted octanol–water partition coefficient (Wildman–Crippen LogP) is 3.02. The number of nitrogens with zero attached hydrogens (tertiary/aromatic N) is 2. The van der Waals surface area contributed by atoms with Gasteiger partial charge in [-0.25, -0.2) is 4.98 Å². The largest absolute Gasteiger partial charge is 0.373 e. The summed E-state index contributed by atoms with van der Waals surface area (Å²) >= 11 is 0. The molecule has 0 aliphatic rings. The van der Waals surface area contributed by atoms with Gasteiger partial charge in [-0.2, -0.15) is 0 Å². The molecule has 2 rings (SSSR count). The second-order valence-electron chi connectivity index (χ2n) is 4.81. The summed E-state index contributed by atoms with van der Waals surface area (Å²) in [6.45, 7) is 4.04. The number of rotatable bonds is 3. The summed E-state index contributed by atoms with van der Waals surface area (Å²) < 4.78 is 0. The molecule has 1 amide bonds. The van der Waals surface area contributed by atoms with Crippen LogP contribution >= 0.6 is 0 Å². The third-order valence-electron chi connectivity index (χ3n) is 3.45. The Labute approximate surface area is 119 Å². The van der Waals surface area contributed by atoms with E-state index in [0.29, 0.717) is 5.56 Å². The van der Waals surface area contributed by atoms with Crippen LogP contribution in [0.25, 0.3) is 0 Å². The molecule has 0 fully saturated rings. The van der Waals surface area contributed by atoms with E-state index in [9.17, 15) is 4.79 Å². The van der Waals surface area contributed by atoms with Crippen molar-refractivity contribution in [1.82, 2.24) is 4.98 Å². The van der Waals surface area contributed by atoms with Crippen molar-refractivity contribution in [1.29, 1.82) is 0 Å². The van der Waals surface area contributed by atoms with Gasteiger partial charge in [-0.1, -0.05) is 6.07 Å². The Kier molecular flexibility index (Phi) is 4.03. The van der Waals surface area contributed by atoms with Gasteiger partial charge in [0, 0.05) is 19.7 Å². The molecule has 0 saturated heterocycles. The monoisotopic (exact) mass is 269 g/mol. The zero-order valence-electron chi connectivity index (χ0n) is 12.3. The molecule has 0 bridgehead atoms. The van der Waals surface area contributed by atoms with Crippen LogP contribution in [0.4, 0.5) is 11.5 Å². The van der Waals surface area contributed by atoms with Crippen molar-refractivity contribution >= 4 is 17.4 Å². The molecule has 0 aliphatic heterocycles. The lowest BCUT2D eigenvalue weighted by molar-refractivity contribution is 0.0993. The van der Waals surface area contributed by atoms with Crippen molar-refractivity contribution in [2.45, 2.75) is 13.8 Å². The molecule has 4 heteroatoms. The molecule has 0 saturated carbocycles. The minimum atomic E-state index is -0.0351. The predicted molar refractivity (Wildman–Crippen MR) is 82.4 cm³/mol. The number of pyridine rings is 1. The molecule has 0 aliphatic carbocycles. The number of nitrogens with one attached hydrogen (secondary N) is 1. The van der Waals surface area contributed by atoms with E-state index in [1.165, 1.54) is 5.56 Å². The van der Waals surface area contributed by atoms with Crippen LogP contribution in [0.15, 0.2) is 36.5 Å². The van der Waals surface area contributed by atoms with Gasteiger partial charge in [-0.15, -0.1) is 0 Å². The van der Waals surface area contributed by atoms with Crippen LogP contribution in [0.5, 0.6) is 0 Å². The summed E-state index contributed by atoms with van der Waals surface area (Å²) in [7, 11) is 3.57. The molecule has 104 valence electrons. The molecule has 4 nitrogen and oxygen atoms in total. The second-order valence-corrected chi connectivity index (χ2v) is 4.81. The highest BCUT2D eigenvalue weighted by Crippen LogP contribution is 2.17. The lowest BCUT2D eigenvalue weighted by Gasteiger charge is -2.18. The number of benzene rings is 1. The number of hydrogen-bond donors (Lipinski definition) is 1. The van der Waals surface area contributed by atoms with Gasteiger partial charge in [0.05, 0.1) is 11.9 Å². The van der Waals surface area contributed by atoms with Crippen molar-refractivity contribution < 1.29 is 4.79 Å². The average Bonchev–Trinajstić information content (AvgIpc) is 2.48. The summed E-state index contributed by atoms with van der Waals surface area (Å²) in [5, 5.41) is 2.95. The zero-order valence-corrected chi connectivity index (χ0v) is 12.3.